The lowest BCUT2D eigenvalue weighted by atomic mass is 9.98. The van der Waals surface area contributed by atoms with Gasteiger partial charge < -0.3 is 5.41 Å². The van der Waals surface area contributed by atoms with E-state index in [0.717, 1.165) is 24.3 Å². The Morgan fingerprint density at radius 2 is 1.31 bits per heavy atom. The minimum absolute atomic E-state index is 0.0392. The van der Waals surface area contributed by atoms with Gasteiger partial charge in [0, 0.05) is 12.0 Å². The van der Waals surface area contributed by atoms with Crippen LogP contribution in [-0.4, -0.2) is 17.6 Å². The molecule has 184 valence electrons. The zero-order valence-corrected chi connectivity index (χ0v) is 17.5. The quantitative estimate of drug-likeness (QED) is 0.268. The molecule has 3 rings (SSSR count). The van der Waals surface area contributed by atoms with Crippen molar-refractivity contribution in [3.8, 4) is 11.1 Å². The fourth-order valence-electron chi connectivity index (χ4n) is 3.20. The maximum Gasteiger partial charge on any atom is 0.429 e. The molecule has 0 aliphatic carbocycles. The van der Waals surface area contributed by atoms with Crippen LogP contribution >= 0.6 is 0 Å². The third-order valence-corrected chi connectivity index (χ3v) is 4.88. The van der Waals surface area contributed by atoms with Crippen LogP contribution in [0.15, 0.2) is 77.8 Å². The van der Waals surface area contributed by atoms with Gasteiger partial charge in [0.25, 0.3) is 0 Å². The van der Waals surface area contributed by atoms with Gasteiger partial charge in [0.15, 0.2) is 0 Å². The molecule has 0 heterocycles. The van der Waals surface area contributed by atoms with E-state index in [1.165, 1.54) is 42.5 Å². The lowest BCUT2D eigenvalue weighted by Gasteiger charge is -2.16. The average molecular weight is 502 g/mol. The summed E-state index contributed by atoms with van der Waals surface area (Å²) in [5.41, 5.74) is -4.63. The molecule has 1 N–H and O–H groups in total. The SMILES string of the molecule is N=C(CC(=Nc1ccc(-c2cccc(C(F)(F)F)c2)cc1)c1ccccc1C(F)(F)F)C(F)(F)F. The summed E-state index contributed by atoms with van der Waals surface area (Å²) in [7, 11) is 0. The van der Waals surface area contributed by atoms with E-state index in [1.54, 1.807) is 0 Å². The standard InChI is InChI=1S/C24H15F9N2/c25-22(26,27)16-5-3-4-15(12-16)14-8-10-17(11-9-14)35-20(13-21(34)24(31,32)33)18-6-1-2-7-19(18)23(28,29)30/h1-12,34H,13H2. The summed E-state index contributed by atoms with van der Waals surface area (Å²) in [5, 5.41) is 7.25. The minimum Gasteiger partial charge on any atom is -0.300 e. The molecule has 0 aliphatic heterocycles. The van der Waals surface area contributed by atoms with Crippen molar-refractivity contribution in [3.63, 3.8) is 0 Å². The summed E-state index contributed by atoms with van der Waals surface area (Å²) in [6, 6.07) is 13.6. The van der Waals surface area contributed by atoms with Crippen molar-refractivity contribution in [2.24, 2.45) is 4.99 Å². The predicted octanol–water partition coefficient (Wildman–Crippen LogP) is 8.48. The van der Waals surface area contributed by atoms with Crippen LogP contribution in [0.5, 0.6) is 0 Å². The zero-order chi connectivity index (χ0) is 26.0. The molecule has 35 heavy (non-hydrogen) atoms. The monoisotopic (exact) mass is 502 g/mol. The van der Waals surface area contributed by atoms with Gasteiger partial charge in [0.1, 0.15) is 5.71 Å². The fraction of sp³-hybridized carbons (Fsp3) is 0.167. The van der Waals surface area contributed by atoms with Crippen molar-refractivity contribution in [2.45, 2.75) is 24.9 Å². The molecule has 0 aromatic heterocycles. The molecule has 0 spiro atoms. The summed E-state index contributed by atoms with van der Waals surface area (Å²) < 4.78 is 118. The Kier molecular flexibility index (Phi) is 7.09. The van der Waals surface area contributed by atoms with Gasteiger partial charge >= 0.3 is 18.5 Å². The van der Waals surface area contributed by atoms with Crippen LogP contribution in [0.25, 0.3) is 11.1 Å². The molecule has 2 nitrogen and oxygen atoms in total. The maximum atomic E-state index is 13.5. The highest BCUT2D eigenvalue weighted by Crippen LogP contribution is 2.35. The third kappa shape index (κ3) is 6.49. The number of halogens is 9. The number of hydrogen-bond donors (Lipinski definition) is 1. The van der Waals surface area contributed by atoms with E-state index >= 15 is 0 Å². The van der Waals surface area contributed by atoms with Crippen molar-refractivity contribution < 1.29 is 39.5 Å². The number of alkyl halides is 9. The highest BCUT2D eigenvalue weighted by molar-refractivity contribution is 6.14. The van der Waals surface area contributed by atoms with Crippen LogP contribution in [0.3, 0.4) is 0 Å². The van der Waals surface area contributed by atoms with Gasteiger partial charge in [0.2, 0.25) is 0 Å². The molecular formula is C24H15F9N2. The molecule has 0 saturated heterocycles. The average Bonchev–Trinajstić information content (AvgIpc) is 2.77. The molecule has 0 unspecified atom stereocenters. The lowest BCUT2D eigenvalue weighted by Crippen LogP contribution is -2.26. The van der Waals surface area contributed by atoms with E-state index in [4.69, 9.17) is 5.41 Å². The van der Waals surface area contributed by atoms with E-state index in [0.29, 0.717) is 11.6 Å². The van der Waals surface area contributed by atoms with Gasteiger partial charge in [-0.25, -0.2) is 0 Å². The normalized spacial score (nSPS) is 13.1. The fourth-order valence-corrected chi connectivity index (χ4v) is 3.20. The Labute approximate surface area is 193 Å². The second-order valence-electron chi connectivity index (χ2n) is 7.38. The molecule has 0 saturated carbocycles. The Balaban J connectivity index is 2.04. The molecule has 11 heteroatoms. The first-order chi connectivity index (χ1) is 16.2. The minimum atomic E-state index is -5.07. The molecule has 3 aromatic rings. The lowest BCUT2D eigenvalue weighted by molar-refractivity contribution is -0.138. The molecule has 0 aliphatic rings. The zero-order valence-electron chi connectivity index (χ0n) is 17.5. The maximum absolute atomic E-state index is 13.5. The van der Waals surface area contributed by atoms with E-state index < -0.39 is 53.1 Å². The Morgan fingerprint density at radius 3 is 1.89 bits per heavy atom. The van der Waals surface area contributed by atoms with Crippen molar-refractivity contribution in [3.05, 3.63) is 89.5 Å². The van der Waals surface area contributed by atoms with Crippen molar-refractivity contribution in [1.82, 2.24) is 0 Å². The molecule has 0 amide bonds. The molecule has 3 aromatic carbocycles. The van der Waals surface area contributed by atoms with E-state index in [2.05, 4.69) is 4.99 Å². The van der Waals surface area contributed by atoms with E-state index in [9.17, 15) is 39.5 Å². The first-order valence-electron chi connectivity index (χ1n) is 9.83. The predicted molar refractivity (Wildman–Crippen MR) is 113 cm³/mol. The van der Waals surface area contributed by atoms with Gasteiger partial charge in [-0.05, 0) is 41.5 Å². The Morgan fingerprint density at radius 1 is 0.686 bits per heavy atom. The molecule has 0 radical (unpaired) electrons. The smallest absolute Gasteiger partial charge is 0.300 e. The second kappa shape index (κ2) is 9.55. The second-order valence-corrected chi connectivity index (χ2v) is 7.38. The van der Waals surface area contributed by atoms with E-state index in [1.807, 2.05) is 0 Å². The van der Waals surface area contributed by atoms with Crippen molar-refractivity contribution in [1.29, 1.82) is 5.41 Å². The van der Waals surface area contributed by atoms with Crippen LogP contribution < -0.4 is 0 Å². The number of rotatable bonds is 5. The number of benzene rings is 3. The van der Waals surface area contributed by atoms with Gasteiger partial charge in [-0.1, -0.05) is 42.5 Å². The highest BCUT2D eigenvalue weighted by atomic mass is 19.4. The highest BCUT2D eigenvalue weighted by Gasteiger charge is 2.38. The summed E-state index contributed by atoms with van der Waals surface area (Å²) in [4.78, 5) is 3.94. The first kappa shape index (κ1) is 26.0. The van der Waals surface area contributed by atoms with Gasteiger partial charge in [-0.15, -0.1) is 0 Å². The van der Waals surface area contributed by atoms with Gasteiger partial charge in [-0.3, -0.25) is 4.99 Å². The Hall–Kier alpha value is -3.63. The molecule has 0 bridgehead atoms. The van der Waals surface area contributed by atoms with Crippen LogP contribution in [0, 0.1) is 5.41 Å². The van der Waals surface area contributed by atoms with Crippen molar-refractivity contribution >= 4 is 17.1 Å². The van der Waals surface area contributed by atoms with Crippen LogP contribution in [-0.2, 0) is 12.4 Å². The summed E-state index contributed by atoms with van der Waals surface area (Å²) >= 11 is 0. The van der Waals surface area contributed by atoms with Crippen LogP contribution in [0.1, 0.15) is 23.1 Å². The summed E-state index contributed by atoms with van der Waals surface area (Å²) in [6.45, 7) is 0. The number of nitrogens with zero attached hydrogens (tertiary/aromatic N) is 1. The molecule has 0 fully saturated rings. The van der Waals surface area contributed by atoms with Crippen LogP contribution in [0.4, 0.5) is 45.2 Å². The van der Waals surface area contributed by atoms with Crippen molar-refractivity contribution in [2.75, 3.05) is 0 Å². The largest absolute Gasteiger partial charge is 0.429 e. The third-order valence-electron chi connectivity index (χ3n) is 4.88. The summed E-state index contributed by atoms with van der Waals surface area (Å²) in [5.74, 6) is 0. The number of nitrogens with one attached hydrogen (secondary N) is 1. The number of aliphatic imine (C=N–C) groups is 1. The van der Waals surface area contributed by atoms with Crippen LogP contribution in [0.2, 0.25) is 0 Å². The number of hydrogen-bond acceptors (Lipinski definition) is 2. The van der Waals surface area contributed by atoms with Gasteiger partial charge in [-0.2, -0.15) is 39.5 Å². The Bertz CT molecular complexity index is 1240. The van der Waals surface area contributed by atoms with E-state index in [-0.39, 0.29) is 11.3 Å². The topological polar surface area (TPSA) is 36.2 Å². The summed E-state index contributed by atoms with van der Waals surface area (Å²) in [6.07, 6.45) is -15.7. The molecular weight excluding hydrogens is 487 g/mol. The van der Waals surface area contributed by atoms with Gasteiger partial charge in [0.05, 0.1) is 22.5 Å². The molecule has 0 atom stereocenters. The first-order valence-corrected chi connectivity index (χ1v) is 9.83.